The van der Waals surface area contributed by atoms with E-state index in [4.69, 9.17) is 0 Å². The van der Waals surface area contributed by atoms with Gasteiger partial charge in [-0.2, -0.15) is 0 Å². The average molecular weight is 351 g/mol. The van der Waals surface area contributed by atoms with Crippen LogP contribution in [0.3, 0.4) is 0 Å². The van der Waals surface area contributed by atoms with Gasteiger partial charge < -0.3 is 10.6 Å². The van der Waals surface area contributed by atoms with Gasteiger partial charge in [-0.1, -0.05) is 29.5 Å². The van der Waals surface area contributed by atoms with Crippen molar-refractivity contribution >= 4 is 22.8 Å². The number of nitrogens with one attached hydrogen (secondary N) is 2. The lowest BCUT2D eigenvalue weighted by Gasteiger charge is -2.13. The first-order valence-corrected chi connectivity index (χ1v) is 8.54. The van der Waals surface area contributed by atoms with Gasteiger partial charge in [0.1, 0.15) is 11.6 Å². The molecule has 1 atom stereocenters. The van der Waals surface area contributed by atoms with Gasteiger partial charge in [-0.25, -0.2) is 4.68 Å². The molecule has 0 bridgehead atoms. The molecule has 1 heterocycles. The molecule has 2 aromatic carbocycles. The van der Waals surface area contributed by atoms with E-state index in [0.29, 0.717) is 18.7 Å². The molecular weight excluding hydrogens is 330 g/mol. The van der Waals surface area contributed by atoms with E-state index in [2.05, 4.69) is 20.9 Å². The monoisotopic (exact) mass is 351 g/mol. The number of hydrogen-bond acceptors (Lipinski definition) is 4. The highest BCUT2D eigenvalue weighted by Crippen LogP contribution is 2.13. The van der Waals surface area contributed by atoms with Gasteiger partial charge in [0, 0.05) is 12.1 Å². The maximum Gasteiger partial charge on any atom is 0.251 e. The Hall–Kier alpha value is -3.22. The van der Waals surface area contributed by atoms with Gasteiger partial charge in [-0.15, -0.1) is 5.10 Å². The fourth-order valence-electron chi connectivity index (χ4n) is 2.64. The summed E-state index contributed by atoms with van der Waals surface area (Å²) in [5.74, 6) is -0.475. The van der Waals surface area contributed by atoms with Gasteiger partial charge in [0.2, 0.25) is 5.91 Å². The number of aromatic nitrogens is 3. The van der Waals surface area contributed by atoms with E-state index in [1.165, 1.54) is 0 Å². The van der Waals surface area contributed by atoms with Crippen LogP contribution in [0, 0.1) is 0 Å². The van der Waals surface area contributed by atoms with Crippen LogP contribution < -0.4 is 10.6 Å². The number of nitrogens with zero attached hydrogens (tertiary/aromatic N) is 3. The average Bonchev–Trinajstić information content (AvgIpc) is 3.05. The van der Waals surface area contributed by atoms with E-state index in [1.807, 2.05) is 48.0 Å². The number of likely N-dealkylation sites (N-methyl/N-ethyl adjacent to an activating group) is 1. The summed E-state index contributed by atoms with van der Waals surface area (Å²) in [6.45, 7) is 4.60. The third-order valence-corrected chi connectivity index (χ3v) is 4.06. The molecule has 2 amide bonds. The van der Waals surface area contributed by atoms with Crippen LogP contribution in [0.5, 0.6) is 0 Å². The second-order valence-electron chi connectivity index (χ2n) is 6.02. The topological polar surface area (TPSA) is 88.9 Å². The predicted octanol–water partition coefficient (Wildman–Crippen LogP) is 1.73. The van der Waals surface area contributed by atoms with Crippen molar-refractivity contribution in [2.45, 2.75) is 26.4 Å². The van der Waals surface area contributed by atoms with E-state index in [-0.39, 0.29) is 11.8 Å². The molecule has 0 saturated heterocycles. The van der Waals surface area contributed by atoms with Gasteiger partial charge in [0.15, 0.2) is 0 Å². The smallest absolute Gasteiger partial charge is 0.251 e. The summed E-state index contributed by atoms with van der Waals surface area (Å²) in [6, 6.07) is 14.4. The zero-order chi connectivity index (χ0) is 18.5. The Morgan fingerprint density at radius 3 is 2.58 bits per heavy atom. The first-order valence-electron chi connectivity index (χ1n) is 8.54. The van der Waals surface area contributed by atoms with Crippen molar-refractivity contribution in [3.63, 3.8) is 0 Å². The van der Waals surface area contributed by atoms with Gasteiger partial charge in [-0.3, -0.25) is 9.59 Å². The molecule has 0 aliphatic rings. The first kappa shape index (κ1) is 17.6. The normalized spacial score (nSPS) is 11.9. The standard InChI is InChI=1S/C19H21N5O2/c1-3-20-18(25)13(2)21-19(26)15-10-8-14(9-11-15)12-24-17-7-5-4-6-16(17)22-23-24/h4-11,13H,3,12H2,1-2H3,(H,20,25)(H,21,26)/t13-/m1/s1. The zero-order valence-corrected chi connectivity index (χ0v) is 14.8. The summed E-state index contributed by atoms with van der Waals surface area (Å²) in [5.41, 5.74) is 3.33. The highest BCUT2D eigenvalue weighted by Gasteiger charge is 2.15. The molecule has 26 heavy (non-hydrogen) atoms. The molecule has 1 aromatic heterocycles. The van der Waals surface area contributed by atoms with Gasteiger partial charge >= 0.3 is 0 Å². The lowest BCUT2D eigenvalue weighted by molar-refractivity contribution is -0.122. The number of hydrogen-bond donors (Lipinski definition) is 2. The summed E-state index contributed by atoms with van der Waals surface area (Å²) < 4.78 is 1.82. The number of carbonyl (C=O) groups excluding carboxylic acids is 2. The number of carbonyl (C=O) groups is 2. The maximum atomic E-state index is 12.2. The molecule has 0 fully saturated rings. The summed E-state index contributed by atoms with van der Waals surface area (Å²) in [7, 11) is 0. The van der Waals surface area contributed by atoms with Crippen LogP contribution in [0.4, 0.5) is 0 Å². The maximum absolute atomic E-state index is 12.2. The molecule has 0 aliphatic heterocycles. The Kier molecular flexibility index (Phi) is 5.26. The van der Waals surface area contributed by atoms with E-state index >= 15 is 0 Å². The quantitative estimate of drug-likeness (QED) is 0.708. The summed E-state index contributed by atoms with van der Waals surface area (Å²) in [6.07, 6.45) is 0. The molecule has 3 rings (SSSR count). The van der Waals surface area contributed by atoms with Crippen molar-refractivity contribution in [1.82, 2.24) is 25.6 Å². The van der Waals surface area contributed by atoms with E-state index in [1.54, 1.807) is 19.1 Å². The number of benzene rings is 2. The molecule has 0 spiro atoms. The minimum absolute atomic E-state index is 0.199. The summed E-state index contributed by atoms with van der Waals surface area (Å²) >= 11 is 0. The van der Waals surface area contributed by atoms with Crippen molar-refractivity contribution in [3.8, 4) is 0 Å². The van der Waals surface area contributed by atoms with Crippen LogP contribution in [-0.4, -0.2) is 39.4 Å². The second kappa shape index (κ2) is 7.77. The molecule has 0 aliphatic carbocycles. The Morgan fingerprint density at radius 1 is 1.12 bits per heavy atom. The molecule has 0 saturated carbocycles. The fourth-order valence-corrected chi connectivity index (χ4v) is 2.64. The Bertz CT molecular complexity index is 917. The van der Waals surface area contributed by atoms with Gasteiger partial charge in [-0.05, 0) is 43.7 Å². The molecule has 134 valence electrons. The van der Waals surface area contributed by atoms with Crippen LogP contribution in [0.1, 0.15) is 29.8 Å². The molecule has 2 N–H and O–H groups in total. The zero-order valence-electron chi connectivity index (χ0n) is 14.8. The molecule has 0 radical (unpaired) electrons. The highest BCUT2D eigenvalue weighted by atomic mass is 16.2. The molecular formula is C19H21N5O2. The summed E-state index contributed by atoms with van der Waals surface area (Å²) in [4.78, 5) is 24.0. The Morgan fingerprint density at radius 2 is 1.85 bits per heavy atom. The highest BCUT2D eigenvalue weighted by molar-refractivity contribution is 5.97. The lowest BCUT2D eigenvalue weighted by Crippen LogP contribution is -2.44. The second-order valence-corrected chi connectivity index (χ2v) is 6.02. The third-order valence-electron chi connectivity index (χ3n) is 4.06. The van der Waals surface area contributed by atoms with Crippen molar-refractivity contribution in [3.05, 3.63) is 59.7 Å². The number of para-hydroxylation sites is 1. The Balaban J connectivity index is 1.66. The SMILES string of the molecule is CCNC(=O)[C@@H](C)NC(=O)c1ccc(Cn2nnc3ccccc32)cc1. The largest absolute Gasteiger partial charge is 0.355 e. The van der Waals surface area contributed by atoms with E-state index < -0.39 is 6.04 Å². The molecule has 7 heteroatoms. The number of fused-ring (bicyclic) bond motifs is 1. The van der Waals surface area contributed by atoms with Gasteiger partial charge in [0.25, 0.3) is 5.91 Å². The minimum Gasteiger partial charge on any atom is -0.355 e. The fraction of sp³-hybridized carbons (Fsp3) is 0.263. The first-order chi connectivity index (χ1) is 12.6. The van der Waals surface area contributed by atoms with Gasteiger partial charge in [0.05, 0.1) is 12.1 Å². The Labute approximate surface area is 151 Å². The van der Waals surface area contributed by atoms with E-state index in [0.717, 1.165) is 16.6 Å². The minimum atomic E-state index is -0.580. The van der Waals surface area contributed by atoms with Crippen LogP contribution >= 0.6 is 0 Å². The van der Waals surface area contributed by atoms with Crippen molar-refractivity contribution < 1.29 is 9.59 Å². The van der Waals surface area contributed by atoms with Crippen molar-refractivity contribution in [2.24, 2.45) is 0 Å². The van der Waals surface area contributed by atoms with Crippen LogP contribution in [0.2, 0.25) is 0 Å². The van der Waals surface area contributed by atoms with E-state index in [9.17, 15) is 9.59 Å². The lowest BCUT2D eigenvalue weighted by atomic mass is 10.1. The van der Waals surface area contributed by atoms with Crippen LogP contribution in [0.15, 0.2) is 48.5 Å². The number of amides is 2. The van der Waals surface area contributed by atoms with Crippen LogP contribution in [0.25, 0.3) is 11.0 Å². The van der Waals surface area contributed by atoms with Crippen LogP contribution in [-0.2, 0) is 11.3 Å². The number of rotatable bonds is 6. The molecule has 7 nitrogen and oxygen atoms in total. The van der Waals surface area contributed by atoms with Crippen molar-refractivity contribution in [1.29, 1.82) is 0 Å². The predicted molar refractivity (Wildman–Crippen MR) is 98.7 cm³/mol. The molecule has 0 unspecified atom stereocenters. The molecule has 3 aromatic rings. The third kappa shape index (κ3) is 3.88. The van der Waals surface area contributed by atoms with Crippen molar-refractivity contribution in [2.75, 3.05) is 6.54 Å². The summed E-state index contributed by atoms with van der Waals surface area (Å²) in [5, 5.41) is 13.7.